The Morgan fingerprint density at radius 2 is 1.13 bits per heavy atom. The highest BCUT2D eigenvalue weighted by molar-refractivity contribution is 6.10. The minimum atomic E-state index is 0.152. The molecule has 0 N–H and O–H groups in total. The molecule has 7 aliphatic carbocycles. The van der Waals surface area contributed by atoms with Crippen LogP contribution in [-0.2, 0) is 5.41 Å². The lowest BCUT2D eigenvalue weighted by Gasteiger charge is -2.92. The molecule has 0 radical (unpaired) electrons. The van der Waals surface area contributed by atoms with Gasteiger partial charge < -0.3 is 9.47 Å². The van der Waals surface area contributed by atoms with E-state index in [0.29, 0.717) is 17.4 Å². The molecule has 17 rings (SSSR count). The minimum Gasteiger partial charge on any atom is -0.333 e. The van der Waals surface area contributed by atoms with Gasteiger partial charge in [0.15, 0.2) is 0 Å². The molecule has 10 aromatic rings. The van der Waals surface area contributed by atoms with Crippen LogP contribution in [0.15, 0.2) is 218 Å². The lowest BCUT2D eigenvalue weighted by Crippen LogP contribution is -2.88. The van der Waals surface area contributed by atoms with Gasteiger partial charge in [0.05, 0.1) is 17.4 Å². The van der Waals surface area contributed by atoms with Crippen molar-refractivity contribution < 1.29 is 0 Å². The zero-order chi connectivity index (χ0) is 49.0. The fourth-order valence-corrected chi connectivity index (χ4v) is 17.8. The first kappa shape index (κ1) is 42.7. The molecule has 2 heteroatoms. The van der Waals surface area contributed by atoms with Crippen LogP contribution in [0.1, 0.15) is 86.4 Å². The van der Waals surface area contributed by atoms with Crippen molar-refractivity contribution >= 4 is 49.6 Å². The molecule has 0 aliphatic heterocycles. The van der Waals surface area contributed by atoms with E-state index in [4.69, 9.17) is 0 Å². The second kappa shape index (κ2) is 15.9. The molecule has 0 bridgehead atoms. The average Bonchev–Trinajstić information content (AvgIpc) is 3.98. The summed E-state index contributed by atoms with van der Waals surface area (Å²) in [5.74, 6) is 4.10. The zero-order valence-electron chi connectivity index (χ0n) is 42.5. The van der Waals surface area contributed by atoms with E-state index in [9.17, 15) is 0 Å². The van der Waals surface area contributed by atoms with E-state index in [-0.39, 0.29) is 5.41 Å². The molecule has 2 spiro atoms. The summed E-state index contributed by atoms with van der Waals surface area (Å²) in [5.41, 5.74) is 22.2. The predicted molar refractivity (Wildman–Crippen MR) is 312 cm³/mol. The van der Waals surface area contributed by atoms with Gasteiger partial charge in [0.25, 0.3) is 0 Å². The third-order valence-corrected chi connectivity index (χ3v) is 20.8. The lowest BCUT2D eigenvalue weighted by atomic mass is 9.11. The Kier molecular flexibility index (Phi) is 9.05. The first-order valence-electron chi connectivity index (χ1n) is 28.4. The van der Waals surface area contributed by atoms with Gasteiger partial charge in [-0.15, -0.1) is 0 Å². The zero-order valence-corrected chi connectivity index (χ0v) is 42.5. The van der Waals surface area contributed by atoms with Crippen LogP contribution in [0.5, 0.6) is 0 Å². The lowest BCUT2D eigenvalue weighted by molar-refractivity contribution is -0.412. The van der Waals surface area contributed by atoms with Gasteiger partial charge in [0.1, 0.15) is 0 Å². The molecular formula is C73H60N2. The molecule has 5 atom stereocenters. The maximum absolute atomic E-state index is 2.67. The monoisotopic (exact) mass is 964 g/mol. The topological polar surface area (TPSA) is 8.17 Å². The van der Waals surface area contributed by atoms with Gasteiger partial charge in [0.2, 0.25) is 0 Å². The van der Waals surface area contributed by atoms with Crippen molar-refractivity contribution in [2.75, 3.05) is 4.90 Å². The van der Waals surface area contributed by atoms with Gasteiger partial charge in [-0.3, -0.25) is 0 Å². The van der Waals surface area contributed by atoms with Crippen molar-refractivity contribution in [3.8, 4) is 44.5 Å². The molecule has 1 heterocycles. The maximum atomic E-state index is 2.67. The molecule has 7 aliphatic rings. The van der Waals surface area contributed by atoms with Crippen LogP contribution in [0.2, 0.25) is 0 Å². The largest absolute Gasteiger partial charge is 0.333 e. The minimum absolute atomic E-state index is 0.152. The highest BCUT2D eigenvalue weighted by Gasteiger charge is 2.90. The van der Waals surface area contributed by atoms with E-state index in [0.717, 1.165) is 35.8 Å². The van der Waals surface area contributed by atoms with Crippen molar-refractivity contribution in [1.29, 1.82) is 0 Å². The number of fused-ring (bicyclic) bond motifs is 11. The van der Waals surface area contributed by atoms with Crippen LogP contribution in [-0.4, -0.2) is 4.57 Å². The van der Waals surface area contributed by atoms with Crippen molar-refractivity contribution in [2.45, 2.75) is 75.2 Å². The molecule has 362 valence electrons. The Balaban J connectivity index is 0.834. The fourth-order valence-electron chi connectivity index (χ4n) is 17.8. The SMILES string of the molecule is C1=CCC(n2c3ccccc3c3cc(-c4ccc(N(c5ccccc5-c5ccc6c(c5)C5(c7ccccc7-6)C6CC7CC8CC5C786)c5ccccc5-c5cccc6cccc(C7CCCCC7)c56)cc4)ccc32)C=C1. The smallest absolute Gasteiger partial charge is 0.0560 e. The van der Waals surface area contributed by atoms with Gasteiger partial charge in [-0.25, -0.2) is 0 Å². The highest BCUT2D eigenvalue weighted by atomic mass is 15.1. The number of para-hydroxylation sites is 3. The Labute approximate surface area is 440 Å². The van der Waals surface area contributed by atoms with Crippen LogP contribution in [0, 0.1) is 29.1 Å². The van der Waals surface area contributed by atoms with Crippen molar-refractivity contribution in [3.63, 3.8) is 0 Å². The quantitative estimate of drug-likeness (QED) is 0.147. The fraction of sp³-hybridized carbons (Fsp3) is 0.233. The molecule has 5 unspecified atom stereocenters. The standard InChI is InChI=1S/C73H60N2/c1-3-17-47(18-4-1)56-27-15-19-48-20-16-28-61(71(48)56)59-25-9-13-31-66(59)75(54-37-33-46(34-38-54)49-36-40-68-62(41-49)60-26-10-14-32-67(60)74(68)53-21-5-2-6-22-53)65-30-12-8-23-55(65)50-35-39-58-57-24-7-11-29-63(57)73(64(58)42-50)69-44-51-43-52-45-70(73)72(51,52)69/h2,5-16,19-21,23-42,47,51-53,69-70H,1,3-4,17-18,22,43-45H2. The van der Waals surface area contributed by atoms with E-state index in [1.165, 1.54) is 145 Å². The molecule has 2 nitrogen and oxygen atoms in total. The van der Waals surface area contributed by atoms with Gasteiger partial charge in [0, 0.05) is 44.0 Å². The summed E-state index contributed by atoms with van der Waals surface area (Å²) in [4.78, 5) is 2.59. The molecule has 5 fully saturated rings. The van der Waals surface area contributed by atoms with E-state index >= 15 is 0 Å². The normalized spacial score (nSPS) is 25.5. The molecule has 1 aromatic heterocycles. The van der Waals surface area contributed by atoms with E-state index in [2.05, 4.69) is 228 Å². The second-order valence-corrected chi connectivity index (χ2v) is 23.6. The van der Waals surface area contributed by atoms with Crippen LogP contribution in [0.3, 0.4) is 0 Å². The molecule has 9 aromatic carbocycles. The van der Waals surface area contributed by atoms with Gasteiger partial charge in [-0.1, -0.05) is 189 Å². The third-order valence-electron chi connectivity index (χ3n) is 20.8. The summed E-state index contributed by atoms with van der Waals surface area (Å²) in [7, 11) is 0. The van der Waals surface area contributed by atoms with Crippen LogP contribution in [0.25, 0.3) is 77.1 Å². The molecule has 5 saturated carbocycles. The number of anilines is 3. The summed E-state index contributed by atoms with van der Waals surface area (Å²) in [5, 5.41) is 5.36. The number of benzene rings is 9. The number of hydrogen-bond donors (Lipinski definition) is 0. The van der Waals surface area contributed by atoms with Gasteiger partial charge in [-0.2, -0.15) is 0 Å². The second-order valence-electron chi connectivity index (χ2n) is 23.6. The molecule has 0 amide bonds. The third kappa shape index (κ3) is 5.65. The number of rotatable bonds is 8. The molecule has 0 saturated heterocycles. The molecular weight excluding hydrogens is 905 g/mol. The van der Waals surface area contributed by atoms with Crippen LogP contribution >= 0.6 is 0 Å². The van der Waals surface area contributed by atoms with Gasteiger partial charge >= 0.3 is 0 Å². The summed E-state index contributed by atoms with van der Waals surface area (Å²) in [6.45, 7) is 0. The summed E-state index contributed by atoms with van der Waals surface area (Å²) < 4.78 is 2.54. The Morgan fingerprint density at radius 1 is 0.467 bits per heavy atom. The van der Waals surface area contributed by atoms with E-state index in [1.54, 1.807) is 11.1 Å². The highest BCUT2D eigenvalue weighted by Crippen LogP contribution is 2.94. The Morgan fingerprint density at radius 3 is 1.93 bits per heavy atom. The Hall–Kier alpha value is -7.68. The van der Waals surface area contributed by atoms with E-state index in [1.807, 2.05) is 0 Å². The number of nitrogens with zero attached hydrogens (tertiary/aromatic N) is 2. The van der Waals surface area contributed by atoms with Crippen LogP contribution < -0.4 is 4.90 Å². The predicted octanol–water partition coefficient (Wildman–Crippen LogP) is 19.5. The average molecular weight is 965 g/mol. The summed E-state index contributed by atoms with van der Waals surface area (Å²) in [6, 6.07) is 75.7. The first-order chi connectivity index (χ1) is 37.2. The first-order valence-corrected chi connectivity index (χ1v) is 28.4. The summed E-state index contributed by atoms with van der Waals surface area (Å²) >= 11 is 0. The van der Waals surface area contributed by atoms with E-state index < -0.39 is 0 Å². The number of allylic oxidation sites excluding steroid dienone is 4. The van der Waals surface area contributed by atoms with Gasteiger partial charge in [-0.05, 0) is 183 Å². The van der Waals surface area contributed by atoms with Crippen molar-refractivity contribution in [2.24, 2.45) is 29.1 Å². The number of hydrogen-bond acceptors (Lipinski definition) is 1. The number of aromatic nitrogens is 1. The summed E-state index contributed by atoms with van der Waals surface area (Å²) in [6.07, 6.45) is 20.8. The van der Waals surface area contributed by atoms with Crippen molar-refractivity contribution in [1.82, 2.24) is 4.57 Å². The van der Waals surface area contributed by atoms with Crippen molar-refractivity contribution in [3.05, 3.63) is 235 Å². The maximum Gasteiger partial charge on any atom is 0.0560 e. The Bertz CT molecular complexity index is 4040. The molecule has 75 heavy (non-hydrogen) atoms. The van der Waals surface area contributed by atoms with Crippen LogP contribution in [0.4, 0.5) is 17.1 Å².